The molecule has 5 heteroatoms. The van der Waals surface area contributed by atoms with E-state index >= 15 is 0 Å². The van der Waals surface area contributed by atoms with E-state index in [0.717, 1.165) is 32.7 Å². The van der Waals surface area contributed by atoms with E-state index < -0.39 is 0 Å². The van der Waals surface area contributed by atoms with Gasteiger partial charge in [0.15, 0.2) is 0 Å². The molecular weight excluding hydrogens is 354 g/mol. The van der Waals surface area contributed by atoms with Gasteiger partial charge in [-0.3, -0.25) is 4.98 Å². The number of hydrogen-bond donors (Lipinski definition) is 2. The van der Waals surface area contributed by atoms with Gasteiger partial charge in [0, 0.05) is 45.5 Å². The van der Waals surface area contributed by atoms with Crippen molar-refractivity contribution >= 4 is 27.2 Å². The minimum Gasteiger partial charge on any atom is -0.392 e. The van der Waals surface area contributed by atoms with Crippen molar-refractivity contribution in [3.8, 4) is 10.4 Å². The summed E-state index contributed by atoms with van der Waals surface area (Å²) < 4.78 is 0. The maximum absolute atomic E-state index is 9.88. The summed E-state index contributed by atoms with van der Waals surface area (Å²) in [6, 6.07) is 6.83. The fraction of sp³-hybridized carbons (Fsp3) is 0.455. The lowest BCUT2D eigenvalue weighted by atomic mass is 9.96. The fourth-order valence-corrected chi connectivity index (χ4v) is 4.88. The molecule has 0 saturated heterocycles. The lowest BCUT2D eigenvalue weighted by Gasteiger charge is -2.23. The van der Waals surface area contributed by atoms with Crippen molar-refractivity contribution < 1.29 is 5.11 Å². The number of thiophene rings is 1. The number of aryl methyl sites for hydroxylation is 1. The molecule has 142 valence electrons. The molecule has 1 saturated carbocycles. The highest BCUT2D eigenvalue weighted by molar-refractivity contribution is 7.21. The van der Waals surface area contributed by atoms with E-state index in [-0.39, 0.29) is 6.61 Å². The molecule has 1 aliphatic rings. The molecular formula is C22H27N3OS. The summed E-state index contributed by atoms with van der Waals surface area (Å²) in [5, 5.41) is 14.8. The molecule has 0 aromatic carbocycles. The van der Waals surface area contributed by atoms with E-state index in [1.54, 1.807) is 11.3 Å². The summed E-state index contributed by atoms with van der Waals surface area (Å²) in [7, 11) is 0. The molecule has 1 fully saturated rings. The Morgan fingerprint density at radius 2 is 1.85 bits per heavy atom. The number of aromatic nitrogens is 2. The van der Waals surface area contributed by atoms with E-state index in [9.17, 15) is 5.11 Å². The van der Waals surface area contributed by atoms with Crippen LogP contribution < -0.4 is 5.32 Å². The number of nitrogens with zero attached hydrogens (tertiary/aromatic N) is 2. The van der Waals surface area contributed by atoms with Crippen LogP contribution in [0.15, 0.2) is 30.6 Å². The maximum Gasteiger partial charge on any atom is 0.125 e. The Morgan fingerprint density at radius 3 is 2.56 bits per heavy atom. The second kappa shape index (κ2) is 8.36. The Bertz CT molecular complexity index is 896. The lowest BCUT2D eigenvalue weighted by molar-refractivity contribution is 0.282. The SMILES string of the molecule is Cc1ccc(-c2cc3c(NC4CCCCCCC4)c(CO)cnc3s2)cn1. The summed E-state index contributed by atoms with van der Waals surface area (Å²) in [6.07, 6.45) is 12.7. The van der Waals surface area contributed by atoms with Gasteiger partial charge in [0.25, 0.3) is 0 Å². The molecule has 0 spiro atoms. The molecule has 1 aliphatic carbocycles. The zero-order valence-electron chi connectivity index (χ0n) is 15.9. The van der Waals surface area contributed by atoms with Gasteiger partial charge in [0.2, 0.25) is 0 Å². The van der Waals surface area contributed by atoms with Crippen LogP contribution in [0.25, 0.3) is 20.7 Å². The Kier molecular flexibility index (Phi) is 5.69. The van der Waals surface area contributed by atoms with E-state index in [1.165, 1.54) is 49.8 Å². The van der Waals surface area contributed by atoms with Gasteiger partial charge in [-0.1, -0.05) is 38.2 Å². The molecule has 3 aromatic rings. The number of nitrogens with one attached hydrogen (secondary N) is 1. The van der Waals surface area contributed by atoms with Gasteiger partial charge in [0.05, 0.1) is 12.3 Å². The molecule has 4 rings (SSSR count). The quantitative estimate of drug-likeness (QED) is 0.610. The number of rotatable bonds is 4. The summed E-state index contributed by atoms with van der Waals surface area (Å²) >= 11 is 1.69. The molecule has 4 nitrogen and oxygen atoms in total. The fourth-order valence-electron chi connectivity index (χ4n) is 3.88. The van der Waals surface area contributed by atoms with Crippen LogP contribution in [0, 0.1) is 6.92 Å². The summed E-state index contributed by atoms with van der Waals surface area (Å²) in [5.74, 6) is 0. The number of hydrogen-bond acceptors (Lipinski definition) is 5. The first-order valence-corrected chi connectivity index (χ1v) is 10.8. The van der Waals surface area contributed by atoms with Gasteiger partial charge in [-0.25, -0.2) is 4.98 Å². The zero-order valence-corrected chi connectivity index (χ0v) is 16.7. The topological polar surface area (TPSA) is 58.0 Å². The molecule has 27 heavy (non-hydrogen) atoms. The molecule has 0 radical (unpaired) electrons. The minimum absolute atomic E-state index is 0.00919. The first kappa shape index (κ1) is 18.4. The average molecular weight is 382 g/mol. The van der Waals surface area contributed by atoms with Crippen molar-refractivity contribution in [1.29, 1.82) is 0 Å². The molecule has 3 heterocycles. The van der Waals surface area contributed by atoms with Crippen LogP contribution in [0.4, 0.5) is 5.69 Å². The second-order valence-corrected chi connectivity index (χ2v) is 8.55. The zero-order chi connectivity index (χ0) is 18.6. The van der Waals surface area contributed by atoms with E-state index in [0.29, 0.717) is 6.04 Å². The minimum atomic E-state index is 0.00919. The summed E-state index contributed by atoms with van der Waals surface area (Å²) in [4.78, 5) is 11.2. The molecule has 0 aliphatic heterocycles. The van der Waals surface area contributed by atoms with Crippen LogP contribution in [0.5, 0.6) is 0 Å². The van der Waals surface area contributed by atoms with Crippen molar-refractivity contribution in [3.05, 3.63) is 41.9 Å². The van der Waals surface area contributed by atoms with Crippen molar-refractivity contribution in [2.75, 3.05) is 5.32 Å². The van der Waals surface area contributed by atoms with Crippen LogP contribution in [-0.4, -0.2) is 21.1 Å². The lowest BCUT2D eigenvalue weighted by Crippen LogP contribution is -2.21. The molecule has 0 bridgehead atoms. The Hall–Kier alpha value is -1.98. The monoisotopic (exact) mass is 381 g/mol. The number of anilines is 1. The van der Waals surface area contributed by atoms with Crippen LogP contribution in [0.2, 0.25) is 0 Å². The highest BCUT2D eigenvalue weighted by Crippen LogP contribution is 2.38. The number of fused-ring (bicyclic) bond motifs is 1. The van der Waals surface area contributed by atoms with Crippen molar-refractivity contribution in [2.45, 2.75) is 64.5 Å². The van der Waals surface area contributed by atoms with Gasteiger partial charge in [0.1, 0.15) is 4.83 Å². The first-order chi connectivity index (χ1) is 13.2. The third-order valence-corrected chi connectivity index (χ3v) is 6.55. The predicted molar refractivity (Wildman–Crippen MR) is 113 cm³/mol. The van der Waals surface area contributed by atoms with Crippen LogP contribution in [-0.2, 0) is 6.61 Å². The van der Waals surface area contributed by atoms with Crippen LogP contribution in [0.1, 0.15) is 56.2 Å². The third-order valence-electron chi connectivity index (χ3n) is 5.46. The number of aliphatic hydroxyl groups is 1. The molecule has 0 amide bonds. The highest BCUT2D eigenvalue weighted by Gasteiger charge is 2.17. The second-order valence-electron chi connectivity index (χ2n) is 7.52. The van der Waals surface area contributed by atoms with Gasteiger partial charge in [-0.05, 0) is 31.9 Å². The van der Waals surface area contributed by atoms with Gasteiger partial charge >= 0.3 is 0 Å². The maximum atomic E-state index is 9.88. The first-order valence-electron chi connectivity index (χ1n) is 9.96. The summed E-state index contributed by atoms with van der Waals surface area (Å²) in [5.41, 5.74) is 4.09. The third kappa shape index (κ3) is 4.14. The van der Waals surface area contributed by atoms with Crippen molar-refractivity contribution in [2.24, 2.45) is 0 Å². The largest absolute Gasteiger partial charge is 0.392 e. The predicted octanol–water partition coefficient (Wildman–Crippen LogP) is 5.68. The highest BCUT2D eigenvalue weighted by atomic mass is 32.1. The Balaban J connectivity index is 1.70. The number of pyridine rings is 2. The van der Waals surface area contributed by atoms with Gasteiger partial charge in [-0.15, -0.1) is 11.3 Å². The molecule has 0 atom stereocenters. The number of aliphatic hydroxyl groups excluding tert-OH is 1. The Labute approximate surface area is 164 Å². The van der Waals surface area contributed by atoms with Gasteiger partial charge < -0.3 is 10.4 Å². The average Bonchev–Trinajstić information content (AvgIpc) is 3.09. The smallest absolute Gasteiger partial charge is 0.125 e. The Morgan fingerprint density at radius 1 is 1.07 bits per heavy atom. The molecule has 2 N–H and O–H groups in total. The van der Waals surface area contributed by atoms with Crippen molar-refractivity contribution in [3.63, 3.8) is 0 Å². The van der Waals surface area contributed by atoms with Gasteiger partial charge in [-0.2, -0.15) is 0 Å². The van der Waals surface area contributed by atoms with Crippen LogP contribution >= 0.6 is 11.3 Å². The van der Waals surface area contributed by atoms with Crippen LogP contribution in [0.3, 0.4) is 0 Å². The van der Waals surface area contributed by atoms with E-state index in [1.807, 2.05) is 25.4 Å². The van der Waals surface area contributed by atoms with E-state index in [2.05, 4.69) is 27.4 Å². The molecule has 3 aromatic heterocycles. The standard InChI is InChI=1S/C22H27N3OS/c1-15-9-10-16(12-23-15)20-11-19-21(17(14-26)13-24-22(19)27-20)25-18-7-5-3-2-4-6-8-18/h9-13,18,26H,2-8,14H2,1H3,(H,24,25). The molecule has 0 unspecified atom stereocenters. The van der Waals surface area contributed by atoms with E-state index in [4.69, 9.17) is 0 Å². The normalized spacial score (nSPS) is 16.2. The summed E-state index contributed by atoms with van der Waals surface area (Å²) in [6.45, 7) is 2.01. The van der Waals surface area contributed by atoms with Crippen molar-refractivity contribution in [1.82, 2.24) is 9.97 Å².